The van der Waals surface area contributed by atoms with Crippen LogP contribution in [0.5, 0.6) is 0 Å². The first kappa shape index (κ1) is 30.5. The molecule has 1 aliphatic heterocycles. The summed E-state index contributed by atoms with van der Waals surface area (Å²) in [5.41, 5.74) is 1.04. The number of carboxylic acid groups (broad SMARTS) is 1. The SMILES string of the molecule is C[Si](C)(C)CCOCN1C(=O)CC(c2ccc(C=C(NC(=O)OCc3ccccc3)C(=O)O)cc2Br)S1(=O)=O. The van der Waals surface area contributed by atoms with Crippen molar-refractivity contribution in [3.05, 3.63) is 75.4 Å². The monoisotopic (exact) mass is 638 g/mol. The van der Waals surface area contributed by atoms with Crippen LogP contribution in [0.25, 0.3) is 6.08 Å². The van der Waals surface area contributed by atoms with Gasteiger partial charge < -0.3 is 14.6 Å². The highest BCUT2D eigenvalue weighted by Gasteiger charge is 2.46. The van der Waals surface area contributed by atoms with Crippen LogP contribution >= 0.6 is 15.9 Å². The zero-order valence-corrected chi connectivity index (χ0v) is 25.2. The summed E-state index contributed by atoms with van der Waals surface area (Å²) in [6.45, 7) is 6.54. The molecule has 0 aliphatic carbocycles. The minimum Gasteiger partial charge on any atom is -0.477 e. The highest BCUT2D eigenvalue weighted by Crippen LogP contribution is 2.39. The Balaban J connectivity index is 1.70. The van der Waals surface area contributed by atoms with Crippen LogP contribution in [0, 0.1) is 0 Å². The lowest BCUT2D eigenvalue weighted by molar-refractivity contribution is -0.133. The fourth-order valence-electron chi connectivity index (χ4n) is 3.68. The summed E-state index contributed by atoms with van der Waals surface area (Å²) in [5.74, 6) is -1.93. The number of nitrogens with zero attached hydrogens (tertiary/aromatic N) is 1. The molecular weight excluding hydrogens is 608 g/mol. The van der Waals surface area contributed by atoms with Gasteiger partial charge in [-0.1, -0.05) is 78.0 Å². The van der Waals surface area contributed by atoms with Crippen LogP contribution < -0.4 is 5.32 Å². The van der Waals surface area contributed by atoms with Crippen molar-refractivity contribution in [1.29, 1.82) is 0 Å². The molecule has 2 aromatic carbocycles. The molecule has 1 atom stereocenters. The second-order valence-electron chi connectivity index (χ2n) is 10.2. The van der Waals surface area contributed by atoms with Crippen molar-refractivity contribution in [2.75, 3.05) is 13.3 Å². The number of halogens is 1. The van der Waals surface area contributed by atoms with Gasteiger partial charge in [-0.05, 0) is 34.9 Å². The van der Waals surface area contributed by atoms with E-state index < -0.39 is 47.0 Å². The van der Waals surface area contributed by atoms with Gasteiger partial charge in [-0.3, -0.25) is 10.1 Å². The van der Waals surface area contributed by atoms with Crippen molar-refractivity contribution < 1.29 is 37.4 Å². The highest BCUT2D eigenvalue weighted by molar-refractivity contribution is 9.10. The van der Waals surface area contributed by atoms with Gasteiger partial charge in [0.2, 0.25) is 15.9 Å². The first-order valence-electron chi connectivity index (χ1n) is 12.1. The molecule has 2 amide bonds. The van der Waals surface area contributed by atoms with Crippen LogP contribution in [0.2, 0.25) is 25.7 Å². The van der Waals surface area contributed by atoms with E-state index in [1.807, 2.05) is 6.07 Å². The Morgan fingerprint density at radius 1 is 1.18 bits per heavy atom. The number of ether oxygens (including phenoxy) is 2. The molecule has 1 aliphatic rings. The normalized spacial score (nSPS) is 17.2. The maximum absolute atomic E-state index is 13.1. The molecule has 1 unspecified atom stereocenters. The van der Waals surface area contributed by atoms with Gasteiger partial charge in [-0.25, -0.2) is 22.3 Å². The van der Waals surface area contributed by atoms with E-state index in [4.69, 9.17) is 9.47 Å². The maximum Gasteiger partial charge on any atom is 0.412 e. The molecular formula is C26H31BrN2O8SSi. The Morgan fingerprint density at radius 2 is 1.87 bits per heavy atom. The number of carboxylic acids is 1. The van der Waals surface area contributed by atoms with Gasteiger partial charge in [0.15, 0.2) is 0 Å². The smallest absolute Gasteiger partial charge is 0.412 e. The van der Waals surface area contributed by atoms with Gasteiger partial charge in [0, 0.05) is 19.2 Å². The number of benzene rings is 2. The zero-order chi connectivity index (χ0) is 28.8. The average molecular weight is 640 g/mol. The van der Waals surface area contributed by atoms with Crippen molar-refractivity contribution >= 4 is 58.1 Å². The van der Waals surface area contributed by atoms with Crippen LogP contribution in [0.1, 0.15) is 28.4 Å². The van der Waals surface area contributed by atoms with E-state index in [9.17, 15) is 27.9 Å². The van der Waals surface area contributed by atoms with Gasteiger partial charge in [0.25, 0.3) is 0 Å². The summed E-state index contributed by atoms with van der Waals surface area (Å²) in [6, 6.07) is 14.3. The Hall–Kier alpha value is -3.00. The molecule has 2 aromatic rings. The number of carbonyl (C=O) groups is 3. The quantitative estimate of drug-likeness (QED) is 0.205. The van der Waals surface area contributed by atoms with Crippen molar-refractivity contribution in [2.45, 2.75) is 44.0 Å². The van der Waals surface area contributed by atoms with Crippen LogP contribution in [-0.2, 0) is 35.7 Å². The Morgan fingerprint density at radius 3 is 2.49 bits per heavy atom. The molecule has 210 valence electrons. The van der Waals surface area contributed by atoms with Crippen LogP contribution in [0.4, 0.5) is 4.79 Å². The molecule has 0 aromatic heterocycles. The van der Waals surface area contributed by atoms with Crippen molar-refractivity contribution in [2.24, 2.45) is 0 Å². The van der Waals surface area contributed by atoms with Gasteiger partial charge in [-0.2, -0.15) is 0 Å². The summed E-state index contributed by atoms with van der Waals surface area (Å²) < 4.78 is 38.0. The maximum atomic E-state index is 13.1. The number of nitrogens with one attached hydrogen (secondary N) is 1. The molecule has 13 heteroatoms. The van der Waals surface area contributed by atoms with Gasteiger partial charge in [0.05, 0.1) is 6.42 Å². The molecule has 2 N–H and O–H groups in total. The van der Waals surface area contributed by atoms with E-state index in [0.717, 1.165) is 15.9 Å². The molecule has 3 rings (SSSR count). The van der Waals surface area contributed by atoms with Crippen molar-refractivity contribution in [3.63, 3.8) is 0 Å². The fourth-order valence-corrected chi connectivity index (χ4v) is 7.03. The Labute approximate surface area is 237 Å². The lowest BCUT2D eigenvalue weighted by Gasteiger charge is -2.20. The molecule has 0 radical (unpaired) electrons. The number of rotatable bonds is 11. The van der Waals surface area contributed by atoms with E-state index in [0.29, 0.717) is 22.2 Å². The Bertz CT molecular complexity index is 1360. The topological polar surface area (TPSA) is 139 Å². The van der Waals surface area contributed by atoms with E-state index in [1.54, 1.807) is 24.3 Å². The van der Waals surface area contributed by atoms with E-state index in [1.165, 1.54) is 24.3 Å². The van der Waals surface area contributed by atoms with Crippen LogP contribution in [0.3, 0.4) is 0 Å². The van der Waals surface area contributed by atoms with Gasteiger partial charge in [0.1, 0.15) is 24.3 Å². The number of amides is 2. The van der Waals surface area contributed by atoms with Gasteiger partial charge in [-0.15, -0.1) is 0 Å². The zero-order valence-electron chi connectivity index (χ0n) is 21.8. The highest BCUT2D eigenvalue weighted by atomic mass is 79.9. The molecule has 10 nitrogen and oxygen atoms in total. The number of aliphatic carboxylic acids is 1. The summed E-state index contributed by atoms with van der Waals surface area (Å²) in [5, 5.41) is 10.6. The second kappa shape index (κ2) is 12.9. The van der Waals surface area contributed by atoms with E-state index in [-0.39, 0.29) is 19.8 Å². The Kier molecular flexibility index (Phi) is 10.1. The largest absolute Gasteiger partial charge is 0.477 e. The number of alkyl carbamates (subject to hydrolysis) is 1. The predicted octanol–water partition coefficient (Wildman–Crippen LogP) is 4.72. The second-order valence-corrected chi connectivity index (χ2v) is 18.7. The lowest BCUT2D eigenvalue weighted by atomic mass is 10.1. The van der Waals surface area contributed by atoms with Crippen LogP contribution in [0.15, 0.2) is 58.7 Å². The van der Waals surface area contributed by atoms with Gasteiger partial charge >= 0.3 is 12.1 Å². The summed E-state index contributed by atoms with van der Waals surface area (Å²) in [4.78, 5) is 36.4. The lowest BCUT2D eigenvalue weighted by Crippen LogP contribution is -2.33. The summed E-state index contributed by atoms with van der Waals surface area (Å²) in [6.07, 6.45) is 0.0435. The predicted molar refractivity (Wildman–Crippen MR) is 152 cm³/mol. The van der Waals surface area contributed by atoms with E-state index >= 15 is 0 Å². The molecule has 0 saturated carbocycles. The molecule has 1 saturated heterocycles. The standard InChI is InChI=1S/C26H31BrN2O8SSi/c1-39(2,3)12-11-36-17-29-24(30)15-23(38(29,34)35)20-10-9-19(13-21(20)27)14-22(25(31)32)28-26(33)37-16-18-7-5-4-6-8-18/h4-10,13-14,23H,11-12,15-17H2,1-3H3,(H,28,33)(H,31,32). The third kappa shape index (κ3) is 8.49. The van der Waals surface area contributed by atoms with Crippen molar-refractivity contribution in [1.82, 2.24) is 9.62 Å². The minimum absolute atomic E-state index is 0.0330. The first-order valence-corrected chi connectivity index (χ1v) is 18.1. The minimum atomic E-state index is -4.01. The molecule has 0 bridgehead atoms. The molecule has 1 heterocycles. The average Bonchev–Trinajstić information content (AvgIpc) is 3.08. The molecule has 39 heavy (non-hydrogen) atoms. The van der Waals surface area contributed by atoms with Crippen LogP contribution in [-0.4, -0.2) is 57.2 Å². The van der Waals surface area contributed by atoms with E-state index in [2.05, 4.69) is 40.9 Å². The molecule has 1 fully saturated rings. The fraction of sp³-hybridized carbons (Fsp3) is 0.346. The number of carbonyl (C=O) groups excluding carboxylic acids is 2. The summed E-state index contributed by atoms with van der Waals surface area (Å²) in [7, 11) is -5.37. The molecule has 0 spiro atoms. The third-order valence-electron chi connectivity index (χ3n) is 5.87. The number of sulfonamides is 1. The summed E-state index contributed by atoms with van der Waals surface area (Å²) >= 11 is 3.35. The third-order valence-corrected chi connectivity index (χ3v) is 10.3. The number of hydrogen-bond donors (Lipinski definition) is 2. The number of hydrogen-bond acceptors (Lipinski definition) is 7. The van der Waals surface area contributed by atoms with Crippen molar-refractivity contribution in [3.8, 4) is 0 Å². The first-order chi connectivity index (χ1) is 18.3.